The molecule has 0 bridgehead atoms. The highest BCUT2D eigenvalue weighted by molar-refractivity contribution is 7.07. The molecule has 2 atom stereocenters. The van der Waals surface area contributed by atoms with Crippen LogP contribution in [0.1, 0.15) is 37.9 Å². The van der Waals surface area contributed by atoms with Gasteiger partial charge in [-0.2, -0.15) is 10.1 Å². The van der Waals surface area contributed by atoms with Gasteiger partial charge >= 0.3 is 5.97 Å². The van der Waals surface area contributed by atoms with Crippen molar-refractivity contribution in [3.05, 3.63) is 96.7 Å². The lowest BCUT2D eigenvalue weighted by molar-refractivity contribution is -0.139. The van der Waals surface area contributed by atoms with Crippen LogP contribution in [0.4, 0.5) is 5.69 Å². The predicted molar refractivity (Wildman–Crippen MR) is 143 cm³/mol. The van der Waals surface area contributed by atoms with Crippen molar-refractivity contribution >= 4 is 40.7 Å². The van der Waals surface area contributed by atoms with Crippen LogP contribution in [0.15, 0.2) is 80.8 Å². The number of para-hydroxylation sites is 1. The van der Waals surface area contributed by atoms with Crippen molar-refractivity contribution in [1.29, 1.82) is 0 Å². The van der Waals surface area contributed by atoms with Gasteiger partial charge in [-0.3, -0.25) is 14.2 Å². The molecular formula is C28H26N4O4S. The molecule has 2 aliphatic rings. The van der Waals surface area contributed by atoms with Crippen molar-refractivity contribution in [3.63, 3.8) is 0 Å². The van der Waals surface area contributed by atoms with E-state index in [9.17, 15) is 14.4 Å². The summed E-state index contributed by atoms with van der Waals surface area (Å²) in [5.74, 6) is -1.41. The molecule has 0 aliphatic carbocycles. The first-order valence-electron chi connectivity index (χ1n) is 12.0. The summed E-state index contributed by atoms with van der Waals surface area (Å²) in [7, 11) is 0. The fourth-order valence-electron chi connectivity index (χ4n) is 4.55. The van der Waals surface area contributed by atoms with Gasteiger partial charge in [-0.25, -0.2) is 9.79 Å². The Kier molecular flexibility index (Phi) is 6.47. The molecule has 0 fully saturated rings. The second kappa shape index (κ2) is 9.74. The molecule has 3 aromatic rings. The largest absolute Gasteiger partial charge is 0.463 e. The van der Waals surface area contributed by atoms with Crippen molar-refractivity contribution in [2.45, 2.75) is 33.7 Å². The number of rotatable bonds is 5. The van der Waals surface area contributed by atoms with E-state index in [-0.39, 0.29) is 18.1 Å². The minimum absolute atomic E-state index is 0.209. The van der Waals surface area contributed by atoms with Gasteiger partial charge in [0.1, 0.15) is 5.92 Å². The van der Waals surface area contributed by atoms with Gasteiger partial charge in [0, 0.05) is 0 Å². The summed E-state index contributed by atoms with van der Waals surface area (Å²) in [6, 6.07) is 16.2. The van der Waals surface area contributed by atoms with E-state index in [2.05, 4.69) is 10.1 Å². The predicted octanol–water partition coefficient (Wildman–Crippen LogP) is 3.10. The number of esters is 1. The Labute approximate surface area is 217 Å². The number of carbonyl (C=O) groups is 2. The zero-order chi connectivity index (χ0) is 26.3. The molecule has 188 valence electrons. The highest BCUT2D eigenvalue weighted by Crippen LogP contribution is 2.31. The van der Waals surface area contributed by atoms with Crippen LogP contribution in [0.3, 0.4) is 0 Å². The van der Waals surface area contributed by atoms with Crippen LogP contribution in [0.2, 0.25) is 0 Å². The number of aryl methyl sites for hydroxylation is 1. The highest BCUT2D eigenvalue weighted by atomic mass is 32.1. The molecule has 0 saturated carbocycles. The van der Waals surface area contributed by atoms with E-state index in [0.29, 0.717) is 32.0 Å². The maximum atomic E-state index is 13.8. The lowest BCUT2D eigenvalue weighted by atomic mass is 9.95. The van der Waals surface area contributed by atoms with Gasteiger partial charge in [0.2, 0.25) is 0 Å². The Hall–Kier alpha value is -4.11. The number of hydrazone groups is 1. The summed E-state index contributed by atoms with van der Waals surface area (Å²) in [4.78, 5) is 45.1. The van der Waals surface area contributed by atoms with Gasteiger partial charge in [0.05, 0.1) is 39.9 Å². The maximum absolute atomic E-state index is 13.8. The van der Waals surface area contributed by atoms with Crippen LogP contribution in [-0.2, 0) is 14.3 Å². The third kappa shape index (κ3) is 4.35. The maximum Gasteiger partial charge on any atom is 0.338 e. The van der Waals surface area contributed by atoms with Crippen LogP contribution < -0.4 is 19.9 Å². The zero-order valence-electron chi connectivity index (χ0n) is 21.0. The van der Waals surface area contributed by atoms with Gasteiger partial charge in [-0.05, 0) is 51.5 Å². The van der Waals surface area contributed by atoms with E-state index in [1.54, 1.807) is 26.8 Å². The number of nitrogens with zero attached hydrogens (tertiary/aromatic N) is 4. The van der Waals surface area contributed by atoms with Crippen molar-refractivity contribution < 1.29 is 14.3 Å². The van der Waals surface area contributed by atoms with Crippen molar-refractivity contribution in [1.82, 2.24) is 4.57 Å². The second-order valence-electron chi connectivity index (χ2n) is 8.94. The normalized spacial score (nSPS) is 19.6. The smallest absolute Gasteiger partial charge is 0.338 e. The molecule has 1 aromatic heterocycles. The van der Waals surface area contributed by atoms with Crippen molar-refractivity contribution in [2.24, 2.45) is 16.0 Å². The summed E-state index contributed by atoms with van der Waals surface area (Å²) in [5.41, 5.74) is 3.61. The standard InChI is InChI=1S/C28H26N4O4S/c1-5-36-27(35)23-18(4)29-28-31(24(23)19-13-11-16(2)12-14-19)26(34)22(37-28)15-21-17(3)30-32(25(21)33)20-9-7-6-8-10-20/h6-15,21,24H,5H2,1-4H3/b22-15+/t21-,24+/m0/s1. The third-order valence-corrected chi connectivity index (χ3v) is 7.41. The number of carbonyl (C=O) groups excluding carboxylic acids is 2. The van der Waals surface area contributed by atoms with Crippen LogP contribution in [0.25, 0.3) is 6.08 Å². The lowest BCUT2D eigenvalue weighted by Crippen LogP contribution is -2.40. The minimum Gasteiger partial charge on any atom is -0.463 e. The number of ether oxygens (including phenoxy) is 1. The Balaban J connectivity index is 1.63. The highest BCUT2D eigenvalue weighted by Gasteiger charge is 2.35. The Morgan fingerprint density at radius 1 is 1.05 bits per heavy atom. The number of benzene rings is 2. The second-order valence-corrected chi connectivity index (χ2v) is 9.95. The van der Waals surface area contributed by atoms with Crippen LogP contribution in [-0.4, -0.2) is 28.8 Å². The lowest BCUT2D eigenvalue weighted by Gasteiger charge is -2.24. The molecule has 0 N–H and O–H groups in total. The van der Waals surface area contributed by atoms with E-state index >= 15 is 0 Å². The summed E-state index contributed by atoms with van der Waals surface area (Å²) >= 11 is 1.20. The first-order chi connectivity index (χ1) is 17.8. The molecule has 3 heterocycles. The average molecular weight is 515 g/mol. The SMILES string of the molecule is CCOC(=O)C1=C(C)N=c2s/c(=C/[C@@H]3C(=O)N(c4ccccc4)N=C3C)c(=O)n2[C@@H]1c1ccc(C)cc1. The first kappa shape index (κ1) is 24.6. The zero-order valence-corrected chi connectivity index (χ0v) is 21.8. The minimum atomic E-state index is -0.687. The number of anilines is 1. The van der Waals surface area contributed by atoms with E-state index in [1.807, 2.05) is 61.5 Å². The molecule has 2 aliphatic heterocycles. The van der Waals surface area contributed by atoms with E-state index < -0.39 is 17.9 Å². The number of amides is 1. The van der Waals surface area contributed by atoms with Crippen LogP contribution in [0, 0.1) is 12.8 Å². The third-order valence-electron chi connectivity index (χ3n) is 6.41. The molecule has 5 rings (SSSR count). The molecule has 8 nitrogen and oxygen atoms in total. The quantitative estimate of drug-likeness (QED) is 0.489. The number of fused-ring (bicyclic) bond motifs is 1. The van der Waals surface area contributed by atoms with Crippen LogP contribution in [0.5, 0.6) is 0 Å². The van der Waals surface area contributed by atoms with Gasteiger partial charge in [-0.15, -0.1) is 0 Å². The molecule has 9 heteroatoms. The Morgan fingerprint density at radius 3 is 2.43 bits per heavy atom. The van der Waals surface area contributed by atoms with Crippen molar-refractivity contribution in [2.75, 3.05) is 11.6 Å². The molecule has 0 unspecified atom stereocenters. The fraction of sp³-hybridized carbons (Fsp3) is 0.250. The van der Waals surface area contributed by atoms with Gasteiger partial charge in [0.25, 0.3) is 11.5 Å². The summed E-state index contributed by atoms with van der Waals surface area (Å²) < 4.78 is 7.24. The number of hydrogen-bond acceptors (Lipinski definition) is 7. The topological polar surface area (TPSA) is 93.3 Å². The number of thiazole rings is 1. The molecule has 0 spiro atoms. The summed E-state index contributed by atoms with van der Waals surface area (Å²) in [5, 5.41) is 5.81. The average Bonchev–Trinajstić information content (AvgIpc) is 3.34. The number of allylic oxidation sites excluding steroid dienone is 1. The molecule has 37 heavy (non-hydrogen) atoms. The fourth-order valence-corrected chi connectivity index (χ4v) is 5.60. The van der Waals surface area contributed by atoms with Crippen molar-refractivity contribution in [3.8, 4) is 0 Å². The van der Waals surface area contributed by atoms with Crippen LogP contribution >= 0.6 is 11.3 Å². The molecular weight excluding hydrogens is 488 g/mol. The number of hydrogen-bond donors (Lipinski definition) is 0. The monoisotopic (exact) mass is 514 g/mol. The molecule has 0 radical (unpaired) electrons. The first-order valence-corrected chi connectivity index (χ1v) is 12.8. The summed E-state index contributed by atoms with van der Waals surface area (Å²) in [6.07, 6.45) is 1.66. The molecule has 2 aromatic carbocycles. The van der Waals surface area contributed by atoms with Gasteiger partial charge in [-0.1, -0.05) is 59.4 Å². The van der Waals surface area contributed by atoms with E-state index in [0.717, 1.165) is 11.1 Å². The Bertz CT molecular complexity index is 1630. The van der Waals surface area contributed by atoms with E-state index in [1.165, 1.54) is 20.9 Å². The number of aromatic nitrogens is 1. The Morgan fingerprint density at radius 2 is 1.76 bits per heavy atom. The molecule has 1 amide bonds. The van der Waals surface area contributed by atoms with E-state index in [4.69, 9.17) is 4.74 Å². The summed E-state index contributed by atoms with van der Waals surface area (Å²) in [6.45, 7) is 7.45. The van der Waals surface area contributed by atoms with Gasteiger partial charge < -0.3 is 4.74 Å². The molecule has 0 saturated heterocycles. The van der Waals surface area contributed by atoms with Gasteiger partial charge in [0.15, 0.2) is 4.80 Å².